The fourth-order valence-electron chi connectivity index (χ4n) is 2.07. The third kappa shape index (κ3) is 2.45. The summed E-state index contributed by atoms with van der Waals surface area (Å²) >= 11 is 0.0219. The van der Waals surface area contributed by atoms with Crippen LogP contribution in [0, 0.1) is 0 Å². The van der Waals surface area contributed by atoms with Crippen LogP contribution in [0.15, 0.2) is 53.3 Å². The molecule has 0 aliphatic carbocycles. The van der Waals surface area contributed by atoms with Crippen molar-refractivity contribution in [2.75, 3.05) is 0 Å². The van der Waals surface area contributed by atoms with Crippen LogP contribution < -0.4 is 10.3 Å². The first kappa shape index (κ1) is 13.2. The maximum atomic E-state index is 12.4. The molecule has 0 aliphatic heterocycles. The van der Waals surface area contributed by atoms with Crippen LogP contribution in [0.25, 0.3) is 15.3 Å². The first-order valence-electron chi connectivity index (χ1n) is 6.53. The Balaban J connectivity index is 2.03. The molecule has 0 amide bonds. The SMILES string of the molecule is CC(C)Oc1ccc(-n2[se]c3ccccc3c2=O)cc1. The molecule has 0 saturated carbocycles. The Labute approximate surface area is 123 Å². The standard InChI is InChI=1S/C16H15NO2Se/c1-11(2)19-13-9-7-12(8-10-13)17-16(18)14-5-3-4-6-15(14)20-17/h3-11H,1-2H3. The summed E-state index contributed by atoms with van der Waals surface area (Å²) < 4.78 is 8.63. The molecule has 0 fully saturated rings. The van der Waals surface area contributed by atoms with Gasteiger partial charge in [0.2, 0.25) is 0 Å². The Kier molecular flexibility index (Phi) is 3.51. The van der Waals surface area contributed by atoms with Crippen LogP contribution in [0.1, 0.15) is 13.8 Å². The molecule has 4 heteroatoms. The summed E-state index contributed by atoms with van der Waals surface area (Å²) in [6.45, 7) is 4.00. The maximum absolute atomic E-state index is 12.4. The number of fused-ring (bicyclic) bond motifs is 1. The van der Waals surface area contributed by atoms with Crippen molar-refractivity contribution in [3.05, 3.63) is 58.9 Å². The Bertz CT molecular complexity index is 784. The number of hydrogen-bond donors (Lipinski definition) is 0. The molecular formula is C16H15NO2Se. The van der Waals surface area contributed by atoms with E-state index in [4.69, 9.17) is 4.74 Å². The fourth-order valence-corrected chi connectivity index (χ4v) is 4.17. The van der Waals surface area contributed by atoms with E-state index in [-0.39, 0.29) is 26.4 Å². The summed E-state index contributed by atoms with van der Waals surface area (Å²) in [5.41, 5.74) is 1.03. The van der Waals surface area contributed by atoms with E-state index in [0.29, 0.717) is 0 Å². The summed E-state index contributed by atoms with van der Waals surface area (Å²) in [7, 11) is 0. The van der Waals surface area contributed by atoms with E-state index in [2.05, 4.69) is 0 Å². The molecule has 1 heterocycles. The molecule has 0 radical (unpaired) electrons. The monoisotopic (exact) mass is 333 g/mol. The van der Waals surface area contributed by atoms with Gasteiger partial charge in [0, 0.05) is 0 Å². The number of hydrogen-bond acceptors (Lipinski definition) is 2. The quantitative estimate of drug-likeness (QED) is 0.691. The average molecular weight is 332 g/mol. The van der Waals surface area contributed by atoms with Crippen molar-refractivity contribution in [3.8, 4) is 11.4 Å². The van der Waals surface area contributed by atoms with Crippen LogP contribution >= 0.6 is 0 Å². The van der Waals surface area contributed by atoms with Crippen LogP contribution in [0.3, 0.4) is 0 Å². The van der Waals surface area contributed by atoms with Gasteiger partial charge in [-0.15, -0.1) is 0 Å². The molecule has 0 bridgehead atoms. The average Bonchev–Trinajstić information content (AvgIpc) is 2.77. The minimum atomic E-state index is 0.0219. The van der Waals surface area contributed by atoms with Crippen molar-refractivity contribution in [2.24, 2.45) is 0 Å². The van der Waals surface area contributed by atoms with E-state index in [9.17, 15) is 4.79 Å². The zero-order chi connectivity index (χ0) is 14.1. The summed E-state index contributed by atoms with van der Waals surface area (Å²) in [5, 5.41) is 0.829. The van der Waals surface area contributed by atoms with Gasteiger partial charge in [-0.2, -0.15) is 0 Å². The molecule has 3 rings (SSSR count). The van der Waals surface area contributed by atoms with E-state index in [1.807, 2.05) is 65.9 Å². The van der Waals surface area contributed by atoms with Gasteiger partial charge in [-0.3, -0.25) is 0 Å². The van der Waals surface area contributed by atoms with Gasteiger partial charge in [0.1, 0.15) is 0 Å². The van der Waals surface area contributed by atoms with Crippen molar-refractivity contribution in [3.63, 3.8) is 0 Å². The van der Waals surface area contributed by atoms with Gasteiger partial charge in [-0.1, -0.05) is 0 Å². The number of rotatable bonds is 3. The van der Waals surface area contributed by atoms with Crippen LogP contribution in [-0.2, 0) is 0 Å². The second-order valence-electron chi connectivity index (χ2n) is 4.85. The molecule has 1 aromatic heterocycles. The normalized spacial score (nSPS) is 11.2. The first-order valence-corrected chi connectivity index (χ1v) is 8.15. The second kappa shape index (κ2) is 5.31. The van der Waals surface area contributed by atoms with Gasteiger partial charge in [-0.25, -0.2) is 0 Å². The van der Waals surface area contributed by atoms with E-state index < -0.39 is 0 Å². The van der Waals surface area contributed by atoms with Crippen molar-refractivity contribution in [1.29, 1.82) is 0 Å². The van der Waals surface area contributed by atoms with Crippen molar-refractivity contribution >= 4 is 24.4 Å². The van der Waals surface area contributed by atoms with Gasteiger partial charge in [0.25, 0.3) is 0 Å². The molecule has 3 aromatic rings. The van der Waals surface area contributed by atoms with Crippen molar-refractivity contribution in [2.45, 2.75) is 20.0 Å². The summed E-state index contributed by atoms with van der Waals surface area (Å²) in [4.78, 5) is 12.4. The first-order chi connectivity index (χ1) is 9.65. The molecule has 2 aromatic carbocycles. The van der Waals surface area contributed by atoms with Crippen molar-refractivity contribution in [1.82, 2.24) is 3.56 Å². The number of nitrogens with zero attached hydrogens (tertiary/aromatic N) is 1. The Morgan fingerprint density at radius 1 is 1.05 bits per heavy atom. The third-order valence-electron chi connectivity index (χ3n) is 2.93. The van der Waals surface area contributed by atoms with Crippen molar-refractivity contribution < 1.29 is 4.74 Å². The van der Waals surface area contributed by atoms with Gasteiger partial charge in [0.05, 0.1) is 0 Å². The molecule has 0 aliphatic rings. The third-order valence-corrected chi connectivity index (χ3v) is 5.27. The molecule has 0 spiro atoms. The Hall–Kier alpha value is -1.77. The van der Waals surface area contributed by atoms with Crippen LogP contribution in [0.5, 0.6) is 5.75 Å². The van der Waals surface area contributed by atoms with Gasteiger partial charge >= 0.3 is 123 Å². The molecule has 0 N–H and O–H groups in total. The molecule has 0 saturated heterocycles. The van der Waals surface area contributed by atoms with Crippen LogP contribution in [0.4, 0.5) is 0 Å². The predicted octanol–water partition coefficient (Wildman–Crippen LogP) is 2.83. The minimum absolute atomic E-state index is 0.0219. The molecule has 102 valence electrons. The van der Waals surface area contributed by atoms with E-state index in [1.165, 1.54) is 0 Å². The number of aromatic nitrogens is 1. The molecule has 20 heavy (non-hydrogen) atoms. The topological polar surface area (TPSA) is 31.2 Å². The van der Waals surface area contributed by atoms with Crippen LogP contribution in [-0.4, -0.2) is 24.4 Å². The molecule has 0 unspecified atom stereocenters. The summed E-state index contributed by atoms with van der Waals surface area (Å²) in [6.07, 6.45) is 0.155. The number of benzene rings is 2. The van der Waals surface area contributed by atoms with E-state index >= 15 is 0 Å². The Morgan fingerprint density at radius 3 is 2.40 bits per heavy atom. The van der Waals surface area contributed by atoms with E-state index in [0.717, 1.165) is 21.1 Å². The fraction of sp³-hybridized carbons (Fsp3) is 0.188. The van der Waals surface area contributed by atoms with Crippen LogP contribution in [0.2, 0.25) is 0 Å². The van der Waals surface area contributed by atoms with Gasteiger partial charge in [-0.05, 0) is 0 Å². The summed E-state index contributed by atoms with van der Waals surface area (Å²) in [5.74, 6) is 0.834. The number of ether oxygens (including phenoxy) is 1. The second-order valence-corrected chi connectivity index (χ2v) is 6.92. The molecule has 3 nitrogen and oxygen atoms in total. The predicted molar refractivity (Wildman–Crippen MR) is 82.2 cm³/mol. The molecule has 0 atom stereocenters. The van der Waals surface area contributed by atoms with Gasteiger partial charge in [0.15, 0.2) is 0 Å². The Morgan fingerprint density at radius 2 is 1.75 bits per heavy atom. The van der Waals surface area contributed by atoms with Gasteiger partial charge < -0.3 is 0 Å². The zero-order valence-electron chi connectivity index (χ0n) is 11.4. The zero-order valence-corrected chi connectivity index (χ0v) is 13.1. The van der Waals surface area contributed by atoms with E-state index in [1.54, 1.807) is 0 Å². The molecular weight excluding hydrogens is 317 g/mol. The summed E-state index contributed by atoms with van der Waals surface area (Å²) in [6, 6.07) is 15.6.